The summed E-state index contributed by atoms with van der Waals surface area (Å²) in [5.74, 6) is 0.580. The summed E-state index contributed by atoms with van der Waals surface area (Å²) >= 11 is 7.62. The Kier molecular flexibility index (Phi) is 6.74. The fourth-order valence-electron chi connectivity index (χ4n) is 2.76. The van der Waals surface area contributed by atoms with Crippen LogP contribution in [0.3, 0.4) is 0 Å². The molecular weight excluding hydrogens is 366 g/mol. The maximum absolute atomic E-state index is 10.4. The van der Waals surface area contributed by atoms with Crippen LogP contribution in [0.1, 0.15) is 5.56 Å². The van der Waals surface area contributed by atoms with Crippen LogP contribution in [-0.4, -0.2) is 45.0 Å². The summed E-state index contributed by atoms with van der Waals surface area (Å²) in [5.41, 5.74) is 2.21. The third kappa shape index (κ3) is 5.35. The van der Waals surface area contributed by atoms with E-state index in [1.807, 2.05) is 60.3 Å². The summed E-state index contributed by atoms with van der Waals surface area (Å²) < 4.78 is 1.98. The Hall–Kier alpha value is -1.79. The lowest BCUT2D eigenvalue weighted by molar-refractivity contribution is 0.142. The first kappa shape index (κ1) is 19.0. The van der Waals surface area contributed by atoms with Gasteiger partial charge in [0.2, 0.25) is 0 Å². The number of benzene rings is 2. The Morgan fingerprint density at radius 1 is 1.19 bits per heavy atom. The van der Waals surface area contributed by atoms with Crippen LogP contribution in [0.25, 0.3) is 5.69 Å². The Balaban J connectivity index is 1.54. The van der Waals surface area contributed by atoms with Gasteiger partial charge in [-0.3, -0.25) is 9.47 Å². The van der Waals surface area contributed by atoms with Gasteiger partial charge in [0.15, 0.2) is 5.16 Å². The van der Waals surface area contributed by atoms with Gasteiger partial charge in [0.1, 0.15) is 0 Å². The van der Waals surface area contributed by atoms with Crippen molar-refractivity contribution in [3.8, 4) is 5.69 Å². The van der Waals surface area contributed by atoms with Gasteiger partial charge in [-0.2, -0.15) is 0 Å². The average molecular weight is 388 g/mol. The second-order valence-corrected chi connectivity index (χ2v) is 7.63. The number of thioether (sulfide) groups is 1. The average Bonchev–Trinajstić information content (AvgIpc) is 3.09. The SMILES string of the molecule is CN(Cc1ccccc1)CC(O)CSc1nccn1-c1cccc(Cl)c1. The number of likely N-dealkylation sites (N-methyl/N-ethyl adjacent to an activating group) is 1. The minimum Gasteiger partial charge on any atom is -0.391 e. The lowest BCUT2D eigenvalue weighted by Gasteiger charge is -2.20. The van der Waals surface area contributed by atoms with Gasteiger partial charge in [-0.05, 0) is 30.8 Å². The molecule has 0 saturated carbocycles. The number of hydrogen-bond acceptors (Lipinski definition) is 4. The van der Waals surface area contributed by atoms with Crippen LogP contribution in [0.4, 0.5) is 0 Å². The molecule has 0 amide bonds. The zero-order valence-electron chi connectivity index (χ0n) is 14.6. The lowest BCUT2D eigenvalue weighted by Crippen LogP contribution is -2.30. The highest BCUT2D eigenvalue weighted by Crippen LogP contribution is 2.23. The maximum Gasteiger partial charge on any atom is 0.172 e. The minimum atomic E-state index is -0.432. The third-order valence-electron chi connectivity index (χ3n) is 3.92. The van der Waals surface area contributed by atoms with Crippen LogP contribution in [0.5, 0.6) is 0 Å². The molecule has 3 rings (SSSR count). The molecule has 4 nitrogen and oxygen atoms in total. The van der Waals surface area contributed by atoms with Crippen molar-refractivity contribution >= 4 is 23.4 Å². The number of rotatable bonds is 8. The summed E-state index contributed by atoms with van der Waals surface area (Å²) in [6.07, 6.45) is 3.23. The lowest BCUT2D eigenvalue weighted by atomic mass is 10.2. The quantitative estimate of drug-likeness (QED) is 0.590. The number of nitrogens with zero attached hydrogens (tertiary/aromatic N) is 3. The molecule has 0 fully saturated rings. The summed E-state index contributed by atoms with van der Waals surface area (Å²) in [7, 11) is 2.02. The van der Waals surface area contributed by atoms with Gasteiger partial charge in [0.05, 0.1) is 6.10 Å². The van der Waals surface area contributed by atoms with Crippen LogP contribution in [0.2, 0.25) is 5.02 Å². The van der Waals surface area contributed by atoms with Crippen molar-refractivity contribution in [3.63, 3.8) is 0 Å². The minimum absolute atomic E-state index is 0.432. The highest BCUT2D eigenvalue weighted by molar-refractivity contribution is 7.99. The molecule has 1 N–H and O–H groups in total. The van der Waals surface area contributed by atoms with E-state index in [0.29, 0.717) is 17.3 Å². The summed E-state index contributed by atoms with van der Waals surface area (Å²) in [4.78, 5) is 6.53. The van der Waals surface area contributed by atoms with E-state index in [2.05, 4.69) is 22.0 Å². The van der Waals surface area contributed by atoms with Crippen molar-refractivity contribution in [2.45, 2.75) is 17.8 Å². The molecule has 1 atom stereocenters. The van der Waals surface area contributed by atoms with Gasteiger partial charge in [-0.25, -0.2) is 4.98 Å². The smallest absolute Gasteiger partial charge is 0.172 e. The second kappa shape index (κ2) is 9.24. The predicted molar refractivity (Wildman–Crippen MR) is 108 cm³/mol. The summed E-state index contributed by atoms with van der Waals surface area (Å²) in [6, 6.07) is 17.9. The monoisotopic (exact) mass is 387 g/mol. The van der Waals surface area contributed by atoms with E-state index in [0.717, 1.165) is 17.4 Å². The fourth-order valence-corrected chi connectivity index (χ4v) is 3.83. The van der Waals surface area contributed by atoms with E-state index >= 15 is 0 Å². The van der Waals surface area contributed by atoms with E-state index < -0.39 is 6.10 Å². The van der Waals surface area contributed by atoms with Crippen molar-refractivity contribution < 1.29 is 5.11 Å². The molecule has 0 aliphatic rings. The van der Waals surface area contributed by atoms with Gasteiger partial charge >= 0.3 is 0 Å². The first-order valence-corrected chi connectivity index (χ1v) is 9.81. The Labute approximate surface area is 163 Å². The van der Waals surface area contributed by atoms with Gasteiger partial charge in [-0.1, -0.05) is 59.8 Å². The van der Waals surface area contributed by atoms with Gasteiger partial charge in [0, 0.05) is 41.9 Å². The molecular formula is C20H22ClN3OS. The van der Waals surface area contributed by atoms with Crippen LogP contribution in [0, 0.1) is 0 Å². The zero-order valence-corrected chi connectivity index (χ0v) is 16.2. The zero-order chi connectivity index (χ0) is 18.4. The molecule has 1 aromatic heterocycles. The summed E-state index contributed by atoms with van der Waals surface area (Å²) in [6.45, 7) is 1.43. The number of aromatic nitrogens is 2. The van der Waals surface area contributed by atoms with Crippen molar-refractivity contribution in [1.29, 1.82) is 0 Å². The molecule has 0 bridgehead atoms. The van der Waals surface area contributed by atoms with E-state index in [9.17, 15) is 5.11 Å². The third-order valence-corrected chi connectivity index (χ3v) is 5.26. The molecule has 3 aromatic rings. The van der Waals surface area contributed by atoms with Crippen LogP contribution < -0.4 is 0 Å². The number of hydrogen-bond donors (Lipinski definition) is 1. The topological polar surface area (TPSA) is 41.3 Å². The molecule has 1 heterocycles. The van der Waals surface area contributed by atoms with Crippen molar-refractivity contribution in [1.82, 2.24) is 14.5 Å². The number of aliphatic hydroxyl groups excluding tert-OH is 1. The number of aliphatic hydroxyl groups is 1. The normalized spacial score (nSPS) is 12.5. The molecule has 0 spiro atoms. The van der Waals surface area contributed by atoms with Crippen LogP contribution in [0.15, 0.2) is 72.1 Å². The maximum atomic E-state index is 10.4. The fraction of sp³-hybridized carbons (Fsp3) is 0.250. The molecule has 0 aliphatic heterocycles. The molecule has 1 unspecified atom stereocenters. The van der Waals surface area contributed by atoms with Crippen LogP contribution in [-0.2, 0) is 6.54 Å². The number of imidazole rings is 1. The van der Waals surface area contributed by atoms with E-state index in [4.69, 9.17) is 11.6 Å². The number of halogens is 1. The Bertz CT molecular complexity index is 825. The van der Waals surface area contributed by atoms with E-state index in [1.165, 1.54) is 5.56 Å². The van der Waals surface area contributed by atoms with Gasteiger partial charge in [-0.15, -0.1) is 0 Å². The van der Waals surface area contributed by atoms with Gasteiger partial charge < -0.3 is 5.11 Å². The molecule has 2 aromatic carbocycles. The Morgan fingerprint density at radius 3 is 2.77 bits per heavy atom. The van der Waals surface area contributed by atoms with E-state index in [-0.39, 0.29) is 0 Å². The largest absolute Gasteiger partial charge is 0.391 e. The van der Waals surface area contributed by atoms with Crippen molar-refractivity contribution in [3.05, 3.63) is 77.6 Å². The molecule has 0 aliphatic carbocycles. The van der Waals surface area contributed by atoms with E-state index in [1.54, 1.807) is 18.0 Å². The molecule has 136 valence electrons. The first-order valence-electron chi connectivity index (χ1n) is 8.44. The van der Waals surface area contributed by atoms with Gasteiger partial charge in [0.25, 0.3) is 0 Å². The first-order chi connectivity index (χ1) is 12.6. The molecule has 0 saturated heterocycles. The Morgan fingerprint density at radius 2 is 2.00 bits per heavy atom. The van der Waals surface area contributed by atoms with Crippen molar-refractivity contribution in [2.75, 3.05) is 19.3 Å². The second-order valence-electron chi connectivity index (χ2n) is 6.21. The highest BCUT2D eigenvalue weighted by Gasteiger charge is 2.12. The molecule has 6 heteroatoms. The standard InChI is InChI=1S/C20H22ClN3OS/c1-23(13-16-6-3-2-4-7-16)14-19(25)15-26-20-22-10-11-24(20)18-9-5-8-17(21)12-18/h2-12,19,25H,13-15H2,1H3. The molecule has 26 heavy (non-hydrogen) atoms. The summed E-state index contributed by atoms with van der Waals surface area (Å²) in [5, 5.41) is 11.9. The van der Waals surface area contributed by atoms with Crippen LogP contribution >= 0.6 is 23.4 Å². The van der Waals surface area contributed by atoms with Crippen molar-refractivity contribution in [2.24, 2.45) is 0 Å². The predicted octanol–water partition coefficient (Wildman–Crippen LogP) is 4.11. The highest BCUT2D eigenvalue weighted by atomic mass is 35.5. The molecule has 0 radical (unpaired) electrons.